The van der Waals surface area contributed by atoms with Crippen molar-refractivity contribution in [2.75, 3.05) is 6.54 Å². The number of para-hydroxylation sites is 1. The number of hydrazone groups is 1. The molecule has 0 spiro atoms. The topological polar surface area (TPSA) is 79.6 Å². The second-order valence-corrected chi connectivity index (χ2v) is 6.29. The van der Waals surface area contributed by atoms with Crippen molar-refractivity contribution >= 4 is 29.5 Å². The van der Waals surface area contributed by atoms with Crippen molar-refractivity contribution in [3.8, 4) is 16.3 Å². The Hall–Kier alpha value is -3.26. The van der Waals surface area contributed by atoms with Gasteiger partial charge in [-0.05, 0) is 23.6 Å². The number of thiophene rings is 1. The van der Waals surface area contributed by atoms with Gasteiger partial charge in [0.05, 0.1) is 16.8 Å². The van der Waals surface area contributed by atoms with Crippen LogP contribution in [0.25, 0.3) is 16.3 Å². The summed E-state index contributed by atoms with van der Waals surface area (Å²) in [4.78, 5) is 23.9. The zero-order valence-corrected chi connectivity index (χ0v) is 13.8. The SMILES string of the molecule is O=C1CN(/N=C\c2cn(-c3ccccc3)nc2-c2cccs2)C(=O)N1. The Morgan fingerprint density at radius 2 is 2.00 bits per heavy atom. The first-order valence-electron chi connectivity index (χ1n) is 7.55. The van der Waals surface area contributed by atoms with E-state index in [1.54, 1.807) is 22.2 Å². The molecule has 3 heterocycles. The maximum Gasteiger partial charge on any atom is 0.344 e. The monoisotopic (exact) mass is 351 g/mol. The summed E-state index contributed by atoms with van der Waals surface area (Å²) in [6, 6.07) is 13.1. The lowest BCUT2D eigenvalue weighted by Gasteiger charge is -2.03. The summed E-state index contributed by atoms with van der Waals surface area (Å²) in [5.41, 5.74) is 2.46. The van der Waals surface area contributed by atoms with Crippen LogP contribution in [-0.4, -0.2) is 39.5 Å². The number of rotatable bonds is 4. The van der Waals surface area contributed by atoms with Gasteiger partial charge in [-0.2, -0.15) is 10.2 Å². The molecule has 1 saturated heterocycles. The molecule has 4 rings (SSSR count). The van der Waals surface area contributed by atoms with Crippen molar-refractivity contribution in [1.29, 1.82) is 0 Å². The summed E-state index contributed by atoms with van der Waals surface area (Å²) in [7, 11) is 0. The molecule has 1 fully saturated rings. The Morgan fingerprint density at radius 3 is 2.68 bits per heavy atom. The van der Waals surface area contributed by atoms with Crippen molar-refractivity contribution in [1.82, 2.24) is 20.1 Å². The molecule has 25 heavy (non-hydrogen) atoms. The fourth-order valence-electron chi connectivity index (χ4n) is 2.46. The lowest BCUT2D eigenvalue weighted by molar-refractivity contribution is -0.118. The van der Waals surface area contributed by atoms with Gasteiger partial charge in [-0.15, -0.1) is 11.3 Å². The molecule has 0 radical (unpaired) electrons. The van der Waals surface area contributed by atoms with E-state index in [4.69, 9.17) is 0 Å². The molecule has 8 heteroatoms. The van der Waals surface area contributed by atoms with Crippen molar-refractivity contribution in [2.24, 2.45) is 5.10 Å². The van der Waals surface area contributed by atoms with E-state index in [2.05, 4.69) is 15.5 Å². The van der Waals surface area contributed by atoms with Gasteiger partial charge in [0.1, 0.15) is 12.2 Å². The van der Waals surface area contributed by atoms with Crippen LogP contribution in [0.4, 0.5) is 4.79 Å². The highest BCUT2D eigenvalue weighted by molar-refractivity contribution is 7.13. The fraction of sp³-hybridized carbons (Fsp3) is 0.0588. The largest absolute Gasteiger partial charge is 0.344 e. The number of urea groups is 1. The Labute approximate surface area is 147 Å². The average molecular weight is 351 g/mol. The van der Waals surface area contributed by atoms with E-state index in [0.717, 1.165) is 26.8 Å². The van der Waals surface area contributed by atoms with Gasteiger partial charge in [0.2, 0.25) is 5.91 Å². The highest BCUT2D eigenvalue weighted by atomic mass is 32.1. The highest BCUT2D eigenvalue weighted by Gasteiger charge is 2.26. The van der Waals surface area contributed by atoms with Gasteiger partial charge in [0, 0.05) is 11.8 Å². The van der Waals surface area contributed by atoms with Crippen LogP contribution < -0.4 is 5.32 Å². The fourth-order valence-corrected chi connectivity index (χ4v) is 3.19. The molecular formula is C17H13N5O2S. The maximum absolute atomic E-state index is 11.6. The predicted octanol–water partition coefficient (Wildman–Crippen LogP) is 2.49. The highest BCUT2D eigenvalue weighted by Crippen LogP contribution is 2.27. The Morgan fingerprint density at radius 1 is 1.16 bits per heavy atom. The van der Waals surface area contributed by atoms with E-state index in [1.165, 1.54) is 0 Å². The van der Waals surface area contributed by atoms with Crippen LogP contribution in [0.2, 0.25) is 0 Å². The summed E-state index contributed by atoms with van der Waals surface area (Å²) < 4.78 is 1.77. The second kappa shape index (κ2) is 6.33. The summed E-state index contributed by atoms with van der Waals surface area (Å²) >= 11 is 1.57. The molecule has 1 aromatic carbocycles. The van der Waals surface area contributed by atoms with E-state index in [-0.39, 0.29) is 12.5 Å². The molecule has 124 valence electrons. The molecule has 0 atom stereocenters. The molecule has 0 unspecified atom stereocenters. The van der Waals surface area contributed by atoms with Crippen LogP contribution >= 0.6 is 11.3 Å². The van der Waals surface area contributed by atoms with Gasteiger partial charge >= 0.3 is 6.03 Å². The van der Waals surface area contributed by atoms with Gasteiger partial charge in [-0.1, -0.05) is 24.3 Å². The van der Waals surface area contributed by atoms with Crippen LogP contribution in [-0.2, 0) is 4.79 Å². The van der Waals surface area contributed by atoms with Crippen LogP contribution in [0.15, 0.2) is 59.1 Å². The Bertz CT molecular complexity index is 947. The third kappa shape index (κ3) is 3.07. The van der Waals surface area contributed by atoms with E-state index < -0.39 is 6.03 Å². The lowest BCUT2D eigenvalue weighted by atomic mass is 10.2. The quantitative estimate of drug-likeness (QED) is 0.579. The molecule has 0 saturated carbocycles. The standard InChI is InChI=1S/C17H13N5O2S/c23-15-11-22(17(24)19-15)18-9-12-10-21(13-5-2-1-3-6-13)20-16(12)14-7-4-8-25-14/h1-10H,11H2,(H,19,23,24)/b18-9-. The predicted molar refractivity (Wildman–Crippen MR) is 94.7 cm³/mol. The minimum atomic E-state index is -0.519. The van der Waals surface area contributed by atoms with Gasteiger partial charge in [-0.25, -0.2) is 14.5 Å². The van der Waals surface area contributed by atoms with Gasteiger partial charge in [0.25, 0.3) is 0 Å². The van der Waals surface area contributed by atoms with E-state index in [1.807, 2.05) is 54.0 Å². The smallest absolute Gasteiger partial charge is 0.275 e. The minimum Gasteiger partial charge on any atom is -0.275 e. The van der Waals surface area contributed by atoms with Crippen molar-refractivity contribution in [3.05, 3.63) is 59.6 Å². The molecule has 1 aliphatic rings. The van der Waals surface area contributed by atoms with Crippen LogP contribution in [0, 0.1) is 0 Å². The van der Waals surface area contributed by atoms with Crippen LogP contribution in [0.1, 0.15) is 5.56 Å². The minimum absolute atomic E-state index is 0.0729. The molecule has 1 aliphatic heterocycles. The van der Waals surface area contributed by atoms with Gasteiger partial charge in [-0.3, -0.25) is 10.1 Å². The third-order valence-electron chi connectivity index (χ3n) is 3.63. The third-order valence-corrected chi connectivity index (χ3v) is 4.50. The maximum atomic E-state index is 11.6. The number of hydrogen-bond donors (Lipinski definition) is 1. The first kappa shape index (κ1) is 15.3. The first-order valence-corrected chi connectivity index (χ1v) is 8.43. The first-order chi connectivity index (χ1) is 12.2. The summed E-state index contributed by atoms with van der Waals surface area (Å²) in [6.45, 7) is -0.0729. The zero-order valence-electron chi connectivity index (χ0n) is 13.0. The van der Waals surface area contributed by atoms with E-state index >= 15 is 0 Å². The van der Waals surface area contributed by atoms with Gasteiger partial charge < -0.3 is 0 Å². The van der Waals surface area contributed by atoms with E-state index in [9.17, 15) is 9.59 Å². The van der Waals surface area contributed by atoms with Crippen LogP contribution in [0.5, 0.6) is 0 Å². The normalized spacial score (nSPS) is 14.5. The Balaban J connectivity index is 1.72. The molecule has 1 N–H and O–H groups in total. The number of carbonyl (C=O) groups is 2. The number of imide groups is 1. The van der Waals surface area contributed by atoms with Crippen molar-refractivity contribution < 1.29 is 9.59 Å². The number of carbonyl (C=O) groups excluding carboxylic acids is 2. The number of hydrogen-bond acceptors (Lipinski definition) is 5. The zero-order chi connectivity index (χ0) is 17.2. The molecule has 3 amide bonds. The molecule has 3 aromatic rings. The summed E-state index contributed by atoms with van der Waals surface area (Å²) in [5.74, 6) is -0.361. The Kier molecular flexibility index (Phi) is 3.87. The summed E-state index contributed by atoms with van der Waals surface area (Å²) in [5, 5.41) is 14.0. The second-order valence-electron chi connectivity index (χ2n) is 5.35. The number of amides is 3. The summed E-state index contributed by atoms with van der Waals surface area (Å²) in [6.07, 6.45) is 3.41. The molecule has 0 bridgehead atoms. The number of nitrogens with zero attached hydrogens (tertiary/aromatic N) is 4. The molecule has 7 nitrogen and oxygen atoms in total. The number of aromatic nitrogens is 2. The van der Waals surface area contributed by atoms with Gasteiger partial charge in [0.15, 0.2) is 0 Å². The molecule has 2 aromatic heterocycles. The van der Waals surface area contributed by atoms with E-state index in [0.29, 0.717) is 0 Å². The number of nitrogens with one attached hydrogen (secondary N) is 1. The average Bonchev–Trinajstić information content (AvgIpc) is 3.33. The lowest BCUT2D eigenvalue weighted by Crippen LogP contribution is -2.24. The van der Waals surface area contributed by atoms with Crippen LogP contribution in [0.3, 0.4) is 0 Å². The molecular weight excluding hydrogens is 338 g/mol. The van der Waals surface area contributed by atoms with Crippen molar-refractivity contribution in [2.45, 2.75) is 0 Å². The number of benzene rings is 1. The van der Waals surface area contributed by atoms with Crippen molar-refractivity contribution in [3.63, 3.8) is 0 Å². The molecule has 0 aliphatic carbocycles.